The van der Waals surface area contributed by atoms with E-state index in [4.69, 9.17) is 11.6 Å². The number of phenols is 1. The van der Waals surface area contributed by atoms with Gasteiger partial charge in [-0.3, -0.25) is 9.59 Å². The van der Waals surface area contributed by atoms with Crippen molar-refractivity contribution in [2.24, 2.45) is 5.10 Å². The van der Waals surface area contributed by atoms with Gasteiger partial charge in [0.1, 0.15) is 5.75 Å². The third kappa shape index (κ3) is 8.12. The van der Waals surface area contributed by atoms with Crippen LogP contribution in [0.25, 0.3) is 0 Å². The fourth-order valence-electron chi connectivity index (χ4n) is 3.72. The van der Waals surface area contributed by atoms with Crippen LogP contribution >= 0.6 is 23.4 Å². The maximum atomic E-state index is 13.3. The maximum absolute atomic E-state index is 13.3. The number of nitrogens with zero attached hydrogens (tertiary/aromatic N) is 5. The van der Waals surface area contributed by atoms with Crippen LogP contribution in [0.2, 0.25) is 5.02 Å². The number of rotatable bonds is 11. The molecule has 1 atom stereocenters. The molecule has 0 aliphatic carbocycles. The van der Waals surface area contributed by atoms with Gasteiger partial charge >= 0.3 is 0 Å². The number of anilines is 1. The van der Waals surface area contributed by atoms with Gasteiger partial charge in [0.15, 0.2) is 0 Å². The Labute approximate surface area is 240 Å². The van der Waals surface area contributed by atoms with Gasteiger partial charge in [0, 0.05) is 15.8 Å². The second kappa shape index (κ2) is 13.7. The van der Waals surface area contributed by atoms with Crippen molar-refractivity contribution in [2.45, 2.75) is 16.8 Å². The number of aromatic nitrogens is 4. The Balaban J connectivity index is 1.50. The molecule has 0 bridgehead atoms. The van der Waals surface area contributed by atoms with E-state index in [0.29, 0.717) is 21.3 Å². The molecule has 0 saturated carbocycles. The molecule has 0 radical (unpaired) electrons. The maximum Gasteiger partial charge on any atom is 0.273 e. The van der Waals surface area contributed by atoms with E-state index in [-0.39, 0.29) is 28.2 Å². The molecule has 0 saturated heterocycles. The zero-order valence-electron chi connectivity index (χ0n) is 21.7. The van der Waals surface area contributed by atoms with Crippen LogP contribution in [-0.2, 0) is 0 Å². The molecule has 0 aliphatic heterocycles. The molecule has 0 spiro atoms. The molecule has 1 heterocycles. The number of aromatic amines is 1. The van der Waals surface area contributed by atoms with E-state index in [1.54, 1.807) is 30.3 Å². The number of halogens is 1. The lowest BCUT2D eigenvalue weighted by Crippen LogP contribution is -2.21. The number of hydrazone groups is 1. The zero-order chi connectivity index (χ0) is 28.5. The van der Waals surface area contributed by atoms with E-state index in [2.05, 4.69) is 41.4 Å². The molecule has 1 aromatic heterocycles. The Morgan fingerprint density at radius 1 is 1.12 bits per heavy atom. The van der Waals surface area contributed by atoms with Crippen molar-refractivity contribution < 1.29 is 14.7 Å². The Morgan fingerprint density at radius 3 is 2.70 bits per heavy atom. The lowest BCUT2D eigenvalue weighted by atomic mass is 10.0. The second-order valence-corrected chi connectivity index (χ2v) is 10.6. The molecule has 4 N–H and O–H groups in total. The Kier molecular flexibility index (Phi) is 9.84. The van der Waals surface area contributed by atoms with Gasteiger partial charge < -0.3 is 15.3 Å². The zero-order valence-corrected chi connectivity index (χ0v) is 23.3. The summed E-state index contributed by atoms with van der Waals surface area (Å²) >= 11 is 7.63. The molecule has 4 aromatic rings. The standard InChI is InChI=1S/C27H27ClN8O3S/c1-36(2)12-11-24(40-27-32-34-35-33-27)18-6-4-7-19(14-18)25(38)30-23-10-9-20(28)15-22(23)26(39)31-29-16-17-5-3-8-21(37)13-17/h3-10,13-16,24,37H,11-12H2,1-2H3,(H,30,38)(H,31,39)(H,32,33,34,35). The highest BCUT2D eigenvalue weighted by Gasteiger charge is 2.19. The molecule has 11 nitrogen and oxygen atoms in total. The summed E-state index contributed by atoms with van der Waals surface area (Å²) in [4.78, 5) is 28.3. The topological polar surface area (TPSA) is 148 Å². The molecule has 0 fully saturated rings. The average Bonchev–Trinajstić information content (AvgIpc) is 3.45. The number of amides is 2. The minimum Gasteiger partial charge on any atom is -0.508 e. The summed E-state index contributed by atoms with van der Waals surface area (Å²) in [7, 11) is 4.00. The molecule has 13 heteroatoms. The third-order valence-corrected chi connectivity index (χ3v) is 7.09. The largest absolute Gasteiger partial charge is 0.508 e. The molecule has 206 valence electrons. The summed E-state index contributed by atoms with van der Waals surface area (Å²) in [6.45, 7) is 0.826. The predicted molar refractivity (Wildman–Crippen MR) is 155 cm³/mol. The normalized spacial score (nSPS) is 12.0. The minimum atomic E-state index is -0.566. The van der Waals surface area contributed by atoms with E-state index < -0.39 is 5.91 Å². The number of H-pyrrole nitrogens is 1. The monoisotopic (exact) mass is 578 g/mol. The van der Waals surface area contributed by atoms with Crippen molar-refractivity contribution in [2.75, 3.05) is 26.0 Å². The van der Waals surface area contributed by atoms with E-state index in [1.165, 1.54) is 36.2 Å². The Hall–Kier alpha value is -4.26. The first-order valence-corrected chi connectivity index (χ1v) is 13.4. The first kappa shape index (κ1) is 28.7. The van der Waals surface area contributed by atoms with Gasteiger partial charge in [-0.15, -0.1) is 5.10 Å². The lowest BCUT2D eigenvalue weighted by molar-refractivity contribution is 0.0956. The Bertz CT molecular complexity index is 1500. The van der Waals surface area contributed by atoms with Crippen molar-refractivity contribution in [1.82, 2.24) is 30.9 Å². The molecule has 0 aliphatic rings. The van der Waals surface area contributed by atoms with Crippen molar-refractivity contribution in [3.63, 3.8) is 0 Å². The van der Waals surface area contributed by atoms with Gasteiger partial charge in [-0.2, -0.15) is 5.10 Å². The average molecular weight is 579 g/mol. The fraction of sp³-hybridized carbons (Fsp3) is 0.185. The van der Waals surface area contributed by atoms with Crippen LogP contribution in [0.5, 0.6) is 5.75 Å². The van der Waals surface area contributed by atoms with Crippen LogP contribution in [0, 0.1) is 0 Å². The van der Waals surface area contributed by atoms with E-state index in [1.807, 2.05) is 32.3 Å². The van der Waals surface area contributed by atoms with Gasteiger partial charge in [0.2, 0.25) is 5.16 Å². The number of carbonyl (C=O) groups is 2. The van der Waals surface area contributed by atoms with Crippen LogP contribution in [-0.4, -0.2) is 69.3 Å². The smallest absolute Gasteiger partial charge is 0.273 e. The van der Waals surface area contributed by atoms with Gasteiger partial charge in [0.25, 0.3) is 11.8 Å². The van der Waals surface area contributed by atoms with Crippen molar-refractivity contribution in [1.29, 1.82) is 0 Å². The molecule has 40 heavy (non-hydrogen) atoms. The lowest BCUT2D eigenvalue weighted by Gasteiger charge is -2.19. The summed E-state index contributed by atoms with van der Waals surface area (Å²) in [5.41, 5.74) is 4.80. The van der Waals surface area contributed by atoms with Crippen molar-refractivity contribution in [3.8, 4) is 5.75 Å². The van der Waals surface area contributed by atoms with Crippen molar-refractivity contribution >= 4 is 47.1 Å². The second-order valence-electron chi connectivity index (χ2n) is 8.97. The highest BCUT2D eigenvalue weighted by molar-refractivity contribution is 7.99. The van der Waals surface area contributed by atoms with Gasteiger partial charge in [-0.05, 0) is 91.1 Å². The number of benzene rings is 3. The number of hydrogen-bond donors (Lipinski definition) is 4. The molecular weight excluding hydrogens is 552 g/mol. The van der Waals surface area contributed by atoms with Crippen LogP contribution in [0.15, 0.2) is 77.0 Å². The van der Waals surface area contributed by atoms with Gasteiger partial charge in [-0.25, -0.2) is 10.5 Å². The quantitative estimate of drug-likeness (QED) is 0.116. The molecule has 4 rings (SSSR count). The van der Waals surface area contributed by atoms with Crippen LogP contribution < -0.4 is 10.7 Å². The van der Waals surface area contributed by atoms with Crippen LogP contribution in [0.3, 0.4) is 0 Å². The minimum absolute atomic E-state index is 0.00819. The number of nitrogens with one attached hydrogen (secondary N) is 3. The van der Waals surface area contributed by atoms with Gasteiger partial charge in [0.05, 0.1) is 17.5 Å². The van der Waals surface area contributed by atoms with Crippen LogP contribution in [0.4, 0.5) is 5.69 Å². The summed E-state index contributed by atoms with van der Waals surface area (Å²) in [5.74, 6) is -0.875. The fourth-order valence-corrected chi connectivity index (χ4v) is 4.85. The van der Waals surface area contributed by atoms with Crippen molar-refractivity contribution in [3.05, 3.63) is 94.0 Å². The van der Waals surface area contributed by atoms with E-state index >= 15 is 0 Å². The predicted octanol–water partition coefficient (Wildman–Crippen LogP) is 4.36. The SMILES string of the molecule is CN(C)CCC(Sc1nnn[nH]1)c1cccc(C(=O)Nc2ccc(Cl)cc2C(=O)NN=Cc2cccc(O)c2)c1. The third-order valence-electron chi connectivity index (χ3n) is 5.66. The first-order valence-electron chi connectivity index (χ1n) is 12.2. The number of thioether (sulfide) groups is 1. The Morgan fingerprint density at radius 2 is 1.95 bits per heavy atom. The molecule has 1 unspecified atom stereocenters. The summed E-state index contributed by atoms with van der Waals surface area (Å²) in [5, 5.41) is 31.3. The van der Waals surface area contributed by atoms with Gasteiger partial charge in [-0.1, -0.05) is 47.6 Å². The number of tetrazole rings is 1. The summed E-state index contributed by atoms with van der Waals surface area (Å²) < 4.78 is 0. The molecule has 2 amide bonds. The van der Waals surface area contributed by atoms with E-state index in [0.717, 1.165) is 18.5 Å². The number of hydrogen-bond acceptors (Lipinski definition) is 9. The molecule has 3 aromatic carbocycles. The highest BCUT2D eigenvalue weighted by Crippen LogP contribution is 2.36. The van der Waals surface area contributed by atoms with E-state index in [9.17, 15) is 14.7 Å². The first-order chi connectivity index (χ1) is 19.3. The highest BCUT2D eigenvalue weighted by atomic mass is 35.5. The summed E-state index contributed by atoms with van der Waals surface area (Å²) in [6, 6.07) is 18.3. The molecular formula is C27H27ClN8O3S. The number of phenolic OH excluding ortho intramolecular Hbond substituents is 1. The number of carbonyl (C=O) groups excluding carboxylic acids is 2. The summed E-state index contributed by atoms with van der Waals surface area (Å²) in [6.07, 6.45) is 2.19. The number of aromatic hydroxyl groups is 1. The van der Waals surface area contributed by atoms with Crippen LogP contribution in [0.1, 0.15) is 43.5 Å².